The van der Waals surface area contributed by atoms with Gasteiger partial charge in [0.2, 0.25) is 0 Å². The fourth-order valence-corrected chi connectivity index (χ4v) is 4.78. The quantitative estimate of drug-likeness (QED) is 0.327. The molecule has 0 radical (unpaired) electrons. The number of rotatable bonds is 4. The first kappa shape index (κ1) is 22.5. The molecule has 1 aliphatic heterocycles. The van der Waals surface area contributed by atoms with Gasteiger partial charge in [-0.2, -0.15) is 18.3 Å². The van der Waals surface area contributed by atoms with Crippen molar-refractivity contribution in [3.63, 3.8) is 0 Å². The molecule has 3 nitrogen and oxygen atoms in total. The maximum Gasteiger partial charge on any atom is 0.416 e. The summed E-state index contributed by atoms with van der Waals surface area (Å²) in [5.41, 5.74) is 3.45. The molecular weight excluding hydrogens is 459 g/mol. The molecule has 0 atom stereocenters. The van der Waals surface area contributed by atoms with Gasteiger partial charge in [0.05, 0.1) is 27.9 Å². The molecule has 0 saturated carbocycles. The third kappa shape index (κ3) is 4.30. The normalized spacial score (nSPS) is 13.9. The average Bonchev–Trinajstić information content (AvgIpc) is 3.01. The van der Waals surface area contributed by atoms with Crippen molar-refractivity contribution in [2.24, 2.45) is 0 Å². The molecule has 0 fully saturated rings. The molecule has 1 aromatic heterocycles. The summed E-state index contributed by atoms with van der Waals surface area (Å²) in [5, 5.41) is 8.57. The predicted octanol–water partition coefficient (Wildman–Crippen LogP) is 7.47. The molecule has 4 aromatic rings. The highest BCUT2D eigenvalue weighted by atomic mass is 35.5. The van der Waals surface area contributed by atoms with Crippen LogP contribution in [0.25, 0.3) is 5.69 Å². The molecule has 1 aliphatic rings. The maximum atomic E-state index is 13.5. The summed E-state index contributed by atoms with van der Waals surface area (Å²) in [7, 11) is 0. The number of nitrogens with zero attached hydrogens (tertiary/aromatic N) is 2. The van der Waals surface area contributed by atoms with Crippen molar-refractivity contribution in [3.8, 4) is 5.69 Å². The van der Waals surface area contributed by atoms with E-state index < -0.39 is 11.7 Å². The Morgan fingerprint density at radius 1 is 0.882 bits per heavy atom. The number of anilines is 1. The van der Waals surface area contributed by atoms with Crippen LogP contribution in [0.3, 0.4) is 0 Å². The van der Waals surface area contributed by atoms with E-state index in [9.17, 15) is 13.2 Å². The fourth-order valence-electron chi connectivity index (χ4n) is 4.59. The second-order valence-electron chi connectivity index (χ2n) is 8.43. The third-order valence-electron chi connectivity index (χ3n) is 6.20. The second-order valence-corrected chi connectivity index (χ2v) is 8.83. The topological polar surface area (TPSA) is 29.9 Å². The smallest absolute Gasteiger partial charge is 0.370 e. The van der Waals surface area contributed by atoms with Crippen molar-refractivity contribution < 1.29 is 13.2 Å². The Hall–Kier alpha value is -3.25. The Morgan fingerprint density at radius 3 is 2.15 bits per heavy atom. The summed E-state index contributed by atoms with van der Waals surface area (Å²) < 4.78 is 42.1. The van der Waals surface area contributed by atoms with Crippen LogP contribution in [0, 0.1) is 0 Å². The van der Waals surface area contributed by atoms with E-state index in [0.717, 1.165) is 60.3 Å². The summed E-state index contributed by atoms with van der Waals surface area (Å²) >= 11 is 6.43. The second kappa shape index (κ2) is 9.18. The fraction of sp³-hybridized carbons (Fsp3) is 0.222. The lowest BCUT2D eigenvalue weighted by Crippen LogP contribution is -2.11. The third-order valence-corrected chi connectivity index (χ3v) is 6.52. The molecule has 0 aliphatic carbocycles. The molecule has 0 spiro atoms. The van der Waals surface area contributed by atoms with E-state index in [1.807, 2.05) is 36.4 Å². The zero-order valence-electron chi connectivity index (χ0n) is 18.3. The van der Waals surface area contributed by atoms with Crippen molar-refractivity contribution in [1.29, 1.82) is 0 Å². The summed E-state index contributed by atoms with van der Waals surface area (Å²) in [4.78, 5) is 0. The molecule has 0 saturated heterocycles. The van der Waals surface area contributed by atoms with Gasteiger partial charge in [-0.15, -0.1) is 0 Å². The summed E-state index contributed by atoms with van der Waals surface area (Å²) in [6.45, 7) is 0.718. The molecule has 7 heteroatoms. The van der Waals surface area contributed by atoms with E-state index in [4.69, 9.17) is 16.7 Å². The van der Waals surface area contributed by atoms with Gasteiger partial charge in [0.25, 0.3) is 0 Å². The Labute approximate surface area is 201 Å². The monoisotopic (exact) mass is 481 g/mol. The van der Waals surface area contributed by atoms with Crippen LogP contribution in [-0.2, 0) is 12.6 Å². The number of nitrogens with one attached hydrogen (secondary N) is 1. The van der Waals surface area contributed by atoms with Gasteiger partial charge < -0.3 is 5.32 Å². The van der Waals surface area contributed by atoms with Gasteiger partial charge in [0, 0.05) is 12.1 Å². The largest absolute Gasteiger partial charge is 0.416 e. The van der Waals surface area contributed by atoms with Crippen LogP contribution in [0.5, 0.6) is 0 Å². The van der Waals surface area contributed by atoms with E-state index in [0.29, 0.717) is 5.82 Å². The van der Waals surface area contributed by atoms with Gasteiger partial charge in [-0.25, -0.2) is 4.68 Å². The first-order chi connectivity index (χ1) is 16.4. The molecule has 0 unspecified atom stereocenters. The van der Waals surface area contributed by atoms with Crippen LogP contribution in [0.2, 0.25) is 5.02 Å². The van der Waals surface area contributed by atoms with E-state index in [-0.39, 0.29) is 16.6 Å². The summed E-state index contributed by atoms with van der Waals surface area (Å²) in [6.07, 6.45) is -1.77. The van der Waals surface area contributed by atoms with Crippen molar-refractivity contribution in [3.05, 3.63) is 112 Å². The van der Waals surface area contributed by atoms with Gasteiger partial charge >= 0.3 is 6.18 Å². The van der Waals surface area contributed by atoms with Crippen molar-refractivity contribution in [2.45, 2.75) is 31.4 Å². The van der Waals surface area contributed by atoms with Gasteiger partial charge in [-0.05, 0) is 48.6 Å². The zero-order valence-corrected chi connectivity index (χ0v) is 19.1. The van der Waals surface area contributed by atoms with Crippen molar-refractivity contribution >= 4 is 17.4 Å². The van der Waals surface area contributed by atoms with Crippen LogP contribution < -0.4 is 5.32 Å². The zero-order chi connectivity index (χ0) is 23.7. The number of fused-ring (bicyclic) bond motifs is 1. The average molecular weight is 482 g/mol. The minimum Gasteiger partial charge on any atom is -0.370 e. The van der Waals surface area contributed by atoms with E-state index in [1.54, 1.807) is 4.68 Å². The first-order valence-electron chi connectivity index (χ1n) is 11.3. The van der Waals surface area contributed by atoms with Crippen LogP contribution in [0.1, 0.15) is 46.7 Å². The number of halogens is 4. The molecular formula is C27H23ClF3N3. The minimum atomic E-state index is -4.48. The SMILES string of the molecule is FC(F)(F)c1ccc(Cl)c(-n2nc(C(c3ccccc3)c3ccccc3)c3c2NCCCC3)c1. The van der Waals surface area contributed by atoms with E-state index in [2.05, 4.69) is 29.6 Å². The minimum absolute atomic E-state index is 0.165. The molecule has 1 N–H and O–H groups in total. The van der Waals surface area contributed by atoms with Gasteiger partial charge in [0.15, 0.2) is 0 Å². The number of alkyl halides is 3. The number of hydrogen-bond donors (Lipinski definition) is 1. The lowest BCUT2D eigenvalue weighted by atomic mass is 9.86. The van der Waals surface area contributed by atoms with Crippen molar-refractivity contribution in [2.75, 3.05) is 11.9 Å². The molecule has 5 rings (SSSR count). The standard InChI is InChI=1S/C27H23ClF3N3/c28-22-15-14-20(27(29,30)31)17-23(22)34-26-21(13-7-8-16-32-26)25(33-34)24(18-9-3-1-4-10-18)19-11-5-2-6-12-19/h1-6,9-12,14-15,17,24,32H,7-8,13,16H2. The van der Waals surface area contributed by atoms with Crippen LogP contribution in [0.15, 0.2) is 78.9 Å². The van der Waals surface area contributed by atoms with Gasteiger partial charge in [0.1, 0.15) is 5.82 Å². The number of hydrogen-bond acceptors (Lipinski definition) is 2. The highest BCUT2D eigenvalue weighted by molar-refractivity contribution is 6.32. The molecule has 0 bridgehead atoms. The Kier molecular flexibility index (Phi) is 6.09. The van der Waals surface area contributed by atoms with Crippen LogP contribution in [-0.4, -0.2) is 16.3 Å². The molecule has 0 amide bonds. The predicted molar refractivity (Wildman–Crippen MR) is 129 cm³/mol. The van der Waals surface area contributed by atoms with Crippen LogP contribution in [0.4, 0.5) is 19.0 Å². The highest BCUT2D eigenvalue weighted by Crippen LogP contribution is 2.40. The van der Waals surface area contributed by atoms with Gasteiger partial charge in [-0.3, -0.25) is 0 Å². The Balaban J connectivity index is 1.75. The molecule has 2 heterocycles. The lowest BCUT2D eigenvalue weighted by Gasteiger charge is -2.18. The molecule has 3 aromatic carbocycles. The molecule has 174 valence electrons. The van der Waals surface area contributed by atoms with Crippen LogP contribution >= 0.6 is 11.6 Å². The summed E-state index contributed by atoms with van der Waals surface area (Å²) in [5.74, 6) is 0.549. The highest BCUT2D eigenvalue weighted by Gasteiger charge is 2.33. The van der Waals surface area contributed by atoms with E-state index in [1.165, 1.54) is 6.07 Å². The maximum absolute atomic E-state index is 13.5. The lowest BCUT2D eigenvalue weighted by molar-refractivity contribution is -0.137. The number of benzene rings is 3. The number of aromatic nitrogens is 2. The Morgan fingerprint density at radius 2 is 1.53 bits per heavy atom. The molecule has 34 heavy (non-hydrogen) atoms. The first-order valence-corrected chi connectivity index (χ1v) is 11.6. The Bertz CT molecular complexity index is 1240. The van der Waals surface area contributed by atoms with Crippen molar-refractivity contribution in [1.82, 2.24) is 9.78 Å². The van der Waals surface area contributed by atoms with Gasteiger partial charge in [-0.1, -0.05) is 72.3 Å². The summed E-state index contributed by atoms with van der Waals surface area (Å²) in [6, 6.07) is 23.5. The van der Waals surface area contributed by atoms with E-state index >= 15 is 0 Å².